The zero-order valence-corrected chi connectivity index (χ0v) is 18.5. The zero-order chi connectivity index (χ0) is 23.0. The van der Waals surface area contributed by atoms with E-state index in [1.807, 2.05) is 54.6 Å². The smallest absolute Gasteiger partial charge is 0.317 e. The molecule has 4 rings (SSSR count). The van der Waals surface area contributed by atoms with Crippen molar-refractivity contribution in [1.82, 2.24) is 20.4 Å². The second-order valence-corrected chi connectivity index (χ2v) is 8.12. The minimum atomic E-state index is -0.313. The van der Waals surface area contributed by atoms with E-state index in [2.05, 4.69) is 15.5 Å². The lowest BCUT2D eigenvalue weighted by molar-refractivity contribution is -0.114. The van der Waals surface area contributed by atoms with E-state index in [0.717, 1.165) is 16.6 Å². The van der Waals surface area contributed by atoms with Crippen LogP contribution >= 0.6 is 0 Å². The number of H-pyrrole nitrogens is 1. The van der Waals surface area contributed by atoms with Crippen molar-refractivity contribution < 1.29 is 14.7 Å². The molecular weight excluding hydrogens is 418 g/mol. The molecule has 8 heteroatoms. The number of hydrogen-bond donors (Lipinski definition) is 3. The average Bonchev–Trinajstić information content (AvgIpc) is 3.26. The Bertz CT molecular complexity index is 1100. The van der Waals surface area contributed by atoms with Gasteiger partial charge in [-0.25, -0.2) is 4.79 Å². The summed E-state index contributed by atoms with van der Waals surface area (Å²) < 4.78 is 0. The molecular formula is C25H29N5O3. The SMILES string of the molecule is O=C(NCCCN(C(=O)C=Cc1n[nH]c2ccccc12)c1ccccc1)N1CCC(O)CC1. The van der Waals surface area contributed by atoms with Crippen LogP contribution in [-0.2, 0) is 4.79 Å². The monoisotopic (exact) mass is 447 g/mol. The number of para-hydroxylation sites is 2. The summed E-state index contributed by atoms with van der Waals surface area (Å²) in [6.07, 6.45) is 4.79. The molecule has 1 fully saturated rings. The summed E-state index contributed by atoms with van der Waals surface area (Å²) >= 11 is 0. The van der Waals surface area contributed by atoms with Crippen LogP contribution in [0.1, 0.15) is 25.0 Å². The molecule has 0 saturated carbocycles. The summed E-state index contributed by atoms with van der Waals surface area (Å²) in [6, 6.07) is 17.2. The summed E-state index contributed by atoms with van der Waals surface area (Å²) in [7, 11) is 0. The van der Waals surface area contributed by atoms with E-state index in [-0.39, 0.29) is 18.0 Å². The molecule has 3 amide bonds. The topological polar surface area (TPSA) is 102 Å². The van der Waals surface area contributed by atoms with Gasteiger partial charge in [0.25, 0.3) is 5.91 Å². The minimum Gasteiger partial charge on any atom is -0.393 e. The number of nitrogens with one attached hydrogen (secondary N) is 2. The highest BCUT2D eigenvalue weighted by atomic mass is 16.3. The Hall–Kier alpha value is -3.65. The number of fused-ring (bicyclic) bond motifs is 1. The van der Waals surface area contributed by atoms with Crippen LogP contribution < -0.4 is 10.2 Å². The van der Waals surface area contributed by atoms with E-state index >= 15 is 0 Å². The van der Waals surface area contributed by atoms with Crippen molar-refractivity contribution >= 4 is 34.6 Å². The fourth-order valence-electron chi connectivity index (χ4n) is 3.94. The molecule has 1 aromatic heterocycles. The number of amides is 3. The summed E-state index contributed by atoms with van der Waals surface area (Å²) in [4.78, 5) is 28.8. The number of nitrogens with zero attached hydrogens (tertiary/aromatic N) is 3. The van der Waals surface area contributed by atoms with Gasteiger partial charge in [-0.3, -0.25) is 9.89 Å². The van der Waals surface area contributed by atoms with Crippen LogP contribution in [0.15, 0.2) is 60.7 Å². The van der Waals surface area contributed by atoms with Crippen molar-refractivity contribution in [3.8, 4) is 0 Å². The van der Waals surface area contributed by atoms with E-state index in [4.69, 9.17) is 0 Å². The number of carbonyl (C=O) groups is 2. The van der Waals surface area contributed by atoms with Crippen molar-refractivity contribution in [2.75, 3.05) is 31.1 Å². The van der Waals surface area contributed by atoms with Gasteiger partial charge in [0, 0.05) is 43.3 Å². The summed E-state index contributed by atoms with van der Waals surface area (Å²) in [6.45, 7) is 2.05. The number of rotatable bonds is 7. The van der Waals surface area contributed by atoms with E-state index in [1.165, 1.54) is 6.08 Å². The first-order valence-electron chi connectivity index (χ1n) is 11.3. The third-order valence-electron chi connectivity index (χ3n) is 5.80. The second-order valence-electron chi connectivity index (χ2n) is 8.12. The van der Waals surface area contributed by atoms with Crippen LogP contribution in [0, 0.1) is 0 Å². The van der Waals surface area contributed by atoms with Gasteiger partial charge in [0.1, 0.15) is 0 Å². The first-order chi connectivity index (χ1) is 16.1. The predicted octanol–water partition coefficient (Wildman–Crippen LogP) is 3.17. The molecule has 8 nitrogen and oxygen atoms in total. The fraction of sp³-hybridized carbons (Fsp3) is 0.320. The molecule has 172 valence electrons. The molecule has 3 N–H and O–H groups in total. The van der Waals surface area contributed by atoms with E-state index < -0.39 is 0 Å². The van der Waals surface area contributed by atoms with Gasteiger partial charge in [0.15, 0.2) is 0 Å². The summed E-state index contributed by atoms with van der Waals surface area (Å²) in [5.74, 6) is -0.148. The first kappa shape index (κ1) is 22.5. The highest BCUT2D eigenvalue weighted by Crippen LogP contribution is 2.18. The summed E-state index contributed by atoms with van der Waals surface area (Å²) in [5.41, 5.74) is 2.43. The Kier molecular flexibility index (Phi) is 7.36. The van der Waals surface area contributed by atoms with Gasteiger partial charge in [0.05, 0.1) is 17.3 Å². The van der Waals surface area contributed by atoms with Gasteiger partial charge in [-0.15, -0.1) is 0 Å². The minimum absolute atomic E-state index is 0.121. The Morgan fingerprint density at radius 3 is 2.64 bits per heavy atom. The van der Waals surface area contributed by atoms with E-state index in [9.17, 15) is 14.7 Å². The van der Waals surface area contributed by atoms with Gasteiger partial charge < -0.3 is 20.2 Å². The third-order valence-corrected chi connectivity index (χ3v) is 5.80. The number of piperidine rings is 1. The molecule has 0 unspecified atom stereocenters. The van der Waals surface area contributed by atoms with Crippen molar-refractivity contribution in [2.24, 2.45) is 0 Å². The molecule has 0 spiro atoms. The maximum absolute atomic E-state index is 13.1. The highest BCUT2D eigenvalue weighted by Gasteiger charge is 2.21. The highest BCUT2D eigenvalue weighted by molar-refractivity contribution is 6.04. The van der Waals surface area contributed by atoms with Gasteiger partial charge in [-0.05, 0) is 43.5 Å². The molecule has 33 heavy (non-hydrogen) atoms. The third kappa shape index (κ3) is 5.78. The standard InChI is InChI=1S/C25H29N5O3/c31-20-13-17-29(18-14-20)25(33)26-15-6-16-30(19-7-2-1-3-8-19)24(32)12-11-23-21-9-4-5-10-22(21)27-28-23/h1-5,7-12,20,31H,6,13-18H2,(H,26,33)(H,27,28). The molecule has 0 atom stereocenters. The quantitative estimate of drug-likeness (QED) is 0.382. The maximum Gasteiger partial charge on any atom is 0.317 e. The average molecular weight is 448 g/mol. The van der Waals surface area contributed by atoms with Crippen molar-refractivity contribution in [2.45, 2.75) is 25.4 Å². The second kappa shape index (κ2) is 10.8. The normalized spacial score (nSPS) is 14.6. The van der Waals surface area contributed by atoms with Crippen LogP contribution in [0.3, 0.4) is 0 Å². The van der Waals surface area contributed by atoms with Crippen molar-refractivity contribution in [3.05, 3.63) is 66.4 Å². The molecule has 1 aliphatic rings. The van der Waals surface area contributed by atoms with Crippen molar-refractivity contribution in [3.63, 3.8) is 0 Å². The number of aromatic nitrogens is 2. The van der Waals surface area contributed by atoms with Gasteiger partial charge in [-0.2, -0.15) is 5.10 Å². The number of carbonyl (C=O) groups excluding carboxylic acids is 2. The van der Waals surface area contributed by atoms with Crippen LogP contribution in [0.5, 0.6) is 0 Å². The largest absolute Gasteiger partial charge is 0.393 e. The number of likely N-dealkylation sites (tertiary alicyclic amines) is 1. The number of aliphatic hydroxyl groups is 1. The molecule has 1 saturated heterocycles. The Morgan fingerprint density at radius 2 is 1.85 bits per heavy atom. The predicted molar refractivity (Wildman–Crippen MR) is 129 cm³/mol. The van der Waals surface area contributed by atoms with E-state index in [0.29, 0.717) is 51.1 Å². The molecule has 3 aromatic rings. The van der Waals surface area contributed by atoms with E-state index in [1.54, 1.807) is 15.9 Å². The van der Waals surface area contributed by atoms with Crippen LogP contribution in [0.25, 0.3) is 17.0 Å². The lowest BCUT2D eigenvalue weighted by Gasteiger charge is -2.29. The van der Waals surface area contributed by atoms with Crippen molar-refractivity contribution in [1.29, 1.82) is 0 Å². The molecule has 2 heterocycles. The number of hydrogen-bond acceptors (Lipinski definition) is 4. The fourth-order valence-corrected chi connectivity index (χ4v) is 3.94. The number of aromatic amines is 1. The number of aliphatic hydroxyl groups excluding tert-OH is 1. The lowest BCUT2D eigenvalue weighted by Crippen LogP contribution is -2.46. The maximum atomic E-state index is 13.1. The number of anilines is 1. The Labute approximate surface area is 192 Å². The van der Waals surface area contributed by atoms with Crippen LogP contribution in [0.2, 0.25) is 0 Å². The summed E-state index contributed by atoms with van der Waals surface area (Å²) in [5, 5.41) is 20.7. The lowest BCUT2D eigenvalue weighted by atomic mass is 10.1. The number of benzene rings is 2. The van der Waals surface area contributed by atoms with Gasteiger partial charge in [-0.1, -0.05) is 36.4 Å². The Balaban J connectivity index is 1.36. The van der Waals surface area contributed by atoms with Gasteiger partial charge in [0.2, 0.25) is 0 Å². The molecule has 0 bridgehead atoms. The Morgan fingerprint density at radius 1 is 1.12 bits per heavy atom. The molecule has 2 aromatic carbocycles. The zero-order valence-electron chi connectivity index (χ0n) is 18.5. The van der Waals surface area contributed by atoms with Crippen LogP contribution in [0.4, 0.5) is 10.5 Å². The molecule has 0 radical (unpaired) electrons. The van der Waals surface area contributed by atoms with Gasteiger partial charge >= 0.3 is 6.03 Å². The molecule has 0 aliphatic carbocycles. The van der Waals surface area contributed by atoms with Crippen LogP contribution in [-0.4, -0.2) is 64.4 Å². The molecule has 1 aliphatic heterocycles. The number of urea groups is 1. The first-order valence-corrected chi connectivity index (χ1v) is 11.3.